The van der Waals surface area contributed by atoms with Crippen LogP contribution < -0.4 is 0 Å². The smallest absolute Gasteiger partial charge is 0.193 e. The summed E-state index contributed by atoms with van der Waals surface area (Å²) in [6, 6.07) is 10.3. The van der Waals surface area contributed by atoms with Crippen LogP contribution >= 0.6 is 11.8 Å². The van der Waals surface area contributed by atoms with Gasteiger partial charge in [0.1, 0.15) is 0 Å². The molecule has 0 atom stereocenters. The summed E-state index contributed by atoms with van der Waals surface area (Å²) >= 11 is 1.77. The van der Waals surface area contributed by atoms with Gasteiger partial charge in [0.2, 0.25) is 0 Å². The zero-order valence-electron chi connectivity index (χ0n) is 12.6. The number of hydrogen-bond donors (Lipinski definition) is 0. The summed E-state index contributed by atoms with van der Waals surface area (Å²) in [6.45, 7) is 3.12. The molecule has 2 aromatic rings. The summed E-state index contributed by atoms with van der Waals surface area (Å²) in [5, 5.41) is 9.71. The first-order valence-corrected chi connectivity index (χ1v) is 8.21. The molecule has 112 valence electrons. The Hall–Kier alpha value is -1.37. The molecule has 0 spiro atoms. The van der Waals surface area contributed by atoms with Crippen molar-refractivity contribution in [1.82, 2.24) is 24.6 Å². The van der Waals surface area contributed by atoms with E-state index in [1.54, 1.807) is 11.8 Å². The average molecular weight is 303 g/mol. The second-order valence-corrected chi connectivity index (χ2v) is 6.48. The first kappa shape index (κ1) is 14.6. The third kappa shape index (κ3) is 3.45. The highest BCUT2D eigenvalue weighted by molar-refractivity contribution is 7.99. The lowest BCUT2D eigenvalue weighted by Gasteiger charge is -2.28. The molecule has 5 nitrogen and oxygen atoms in total. The minimum absolute atomic E-state index is 0.882. The number of aromatic nitrogens is 3. The van der Waals surface area contributed by atoms with E-state index < -0.39 is 0 Å². The standard InChI is InChI=1S/C15H21N5S/c1-18(2)9-6-10-19-11-20-14(13-7-4-3-5-8-13)16-17-15(20)21-12-19/h3-5,7-8H,6,9-12H2,1-2H3. The van der Waals surface area contributed by atoms with E-state index in [0.717, 1.165) is 42.2 Å². The monoisotopic (exact) mass is 303 g/mol. The van der Waals surface area contributed by atoms with Crippen LogP contribution in [0.3, 0.4) is 0 Å². The van der Waals surface area contributed by atoms with Gasteiger partial charge in [0.15, 0.2) is 11.0 Å². The van der Waals surface area contributed by atoms with Gasteiger partial charge in [-0.1, -0.05) is 42.1 Å². The predicted molar refractivity (Wildman–Crippen MR) is 86.1 cm³/mol. The zero-order valence-corrected chi connectivity index (χ0v) is 13.4. The van der Waals surface area contributed by atoms with Crippen LogP contribution in [0.5, 0.6) is 0 Å². The van der Waals surface area contributed by atoms with Crippen molar-refractivity contribution in [2.75, 3.05) is 33.1 Å². The van der Waals surface area contributed by atoms with E-state index in [1.807, 2.05) is 18.2 Å². The summed E-state index contributed by atoms with van der Waals surface area (Å²) in [7, 11) is 4.24. The van der Waals surface area contributed by atoms with Crippen LogP contribution in [0.2, 0.25) is 0 Å². The SMILES string of the molecule is CN(C)CCCN1CSc2nnc(-c3ccccc3)n2C1. The molecule has 0 aliphatic carbocycles. The Kier molecular flexibility index (Phi) is 4.57. The average Bonchev–Trinajstić information content (AvgIpc) is 2.91. The molecule has 0 fully saturated rings. The third-order valence-electron chi connectivity index (χ3n) is 3.55. The van der Waals surface area contributed by atoms with E-state index in [4.69, 9.17) is 0 Å². The van der Waals surface area contributed by atoms with Crippen molar-refractivity contribution in [3.8, 4) is 11.4 Å². The predicted octanol–water partition coefficient (Wildman–Crippen LogP) is 2.22. The molecule has 21 heavy (non-hydrogen) atoms. The first-order valence-electron chi connectivity index (χ1n) is 7.22. The normalized spacial score (nSPS) is 15.4. The van der Waals surface area contributed by atoms with Crippen LogP contribution in [0, 0.1) is 0 Å². The Bertz CT molecular complexity index is 581. The molecule has 0 N–H and O–H groups in total. The van der Waals surface area contributed by atoms with Crippen LogP contribution in [0.4, 0.5) is 0 Å². The Morgan fingerprint density at radius 1 is 1.19 bits per heavy atom. The molecule has 0 unspecified atom stereocenters. The molecule has 0 saturated heterocycles. The van der Waals surface area contributed by atoms with Gasteiger partial charge >= 0.3 is 0 Å². The van der Waals surface area contributed by atoms with E-state index in [1.165, 1.54) is 6.42 Å². The van der Waals surface area contributed by atoms with E-state index in [2.05, 4.69) is 50.8 Å². The van der Waals surface area contributed by atoms with Gasteiger partial charge in [-0.05, 0) is 27.1 Å². The molecule has 3 rings (SSSR count). The van der Waals surface area contributed by atoms with Crippen molar-refractivity contribution in [2.45, 2.75) is 18.2 Å². The summed E-state index contributed by atoms with van der Waals surface area (Å²) in [5.41, 5.74) is 1.13. The lowest BCUT2D eigenvalue weighted by atomic mass is 10.2. The summed E-state index contributed by atoms with van der Waals surface area (Å²) in [4.78, 5) is 4.69. The molecule has 1 aliphatic heterocycles. The van der Waals surface area contributed by atoms with Gasteiger partial charge in [0, 0.05) is 12.1 Å². The lowest BCUT2D eigenvalue weighted by Crippen LogP contribution is -2.32. The molecule has 0 amide bonds. The molecule has 6 heteroatoms. The highest BCUT2D eigenvalue weighted by Gasteiger charge is 2.21. The van der Waals surface area contributed by atoms with Crippen LogP contribution in [-0.4, -0.2) is 57.6 Å². The maximum Gasteiger partial charge on any atom is 0.193 e. The Balaban J connectivity index is 1.71. The van der Waals surface area contributed by atoms with Crippen LogP contribution in [0.1, 0.15) is 6.42 Å². The quantitative estimate of drug-likeness (QED) is 0.846. The maximum atomic E-state index is 4.37. The van der Waals surface area contributed by atoms with Crippen molar-refractivity contribution in [3.05, 3.63) is 30.3 Å². The van der Waals surface area contributed by atoms with Gasteiger partial charge in [-0.2, -0.15) is 0 Å². The summed E-state index contributed by atoms with van der Waals surface area (Å²) in [6.07, 6.45) is 1.19. The van der Waals surface area contributed by atoms with Crippen molar-refractivity contribution in [3.63, 3.8) is 0 Å². The van der Waals surface area contributed by atoms with Crippen molar-refractivity contribution < 1.29 is 0 Å². The summed E-state index contributed by atoms with van der Waals surface area (Å²) in [5.74, 6) is 1.97. The van der Waals surface area contributed by atoms with E-state index in [0.29, 0.717) is 0 Å². The number of fused-ring (bicyclic) bond motifs is 1. The number of benzene rings is 1. The van der Waals surface area contributed by atoms with Crippen molar-refractivity contribution in [1.29, 1.82) is 0 Å². The van der Waals surface area contributed by atoms with Gasteiger partial charge in [-0.25, -0.2) is 0 Å². The fraction of sp³-hybridized carbons (Fsp3) is 0.467. The second-order valence-electron chi connectivity index (χ2n) is 5.57. The lowest BCUT2D eigenvalue weighted by molar-refractivity contribution is 0.226. The highest BCUT2D eigenvalue weighted by Crippen LogP contribution is 2.28. The fourth-order valence-corrected chi connectivity index (χ4v) is 3.37. The van der Waals surface area contributed by atoms with Gasteiger partial charge in [0.25, 0.3) is 0 Å². The number of rotatable bonds is 5. The zero-order chi connectivity index (χ0) is 14.7. The van der Waals surface area contributed by atoms with Gasteiger partial charge in [-0.15, -0.1) is 10.2 Å². The van der Waals surface area contributed by atoms with Crippen molar-refractivity contribution in [2.24, 2.45) is 0 Å². The first-order chi connectivity index (χ1) is 10.2. The maximum absolute atomic E-state index is 4.37. The topological polar surface area (TPSA) is 37.2 Å². The van der Waals surface area contributed by atoms with Gasteiger partial charge in [-0.3, -0.25) is 9.47 Å². The molecule has 0 saturated carbocycles. The third-order valence-corrected chi connectivity index (χ3v) is 4.60. The van der Waals surface area contributed by atoms with Crippen molar-refractivity contribution >= 4 is 11.8 Å². The molecule has 1 aromatic heterocycles. The van der Waals surface area contributed by atoms with Gasteiger partial charge in [0.05, 0.1) is 12.5 Å². The molecule has 0 radical (unpaired) electrons. The van der Waals surface area contributed by atoms with Crippen LogP contribution in [0.15, 0.2) is 35.5 Å². The van der Waals surface area contributed by atoms with Gasteiger partial charge < -0.3 is 4.90 Å². The Morgan fingerprint density at radius 2 is 2.00 bits per heavy atom. The molecular weight excluding hydrogens is 282 g/mol. The minimum atomic E-state index is 0.882. The largest absolute Gasteiger partial charge is 0.309 e. The molecule has 0 bridgehead atoms. The number of thioether (sulfide) groups is 1. The molecule has 1 aromatic carbocycles. The molecule has 2 heterocycles. The molecular formula is C15H21N5S. The van der Waals surface area contributed by atoms with E-state index in [9.17, 15) is 0 Å². The fourth-order valence-electron chi connectivity index (χ4n) is 2.46. The number of hydrogen-bond acceptors (Lipinski definition) is 5. The van der Waals surface area contributed by atoms with Crippen LogP contribution in [-0.2, 0) is 6.67 Å². The Labute approximate surface area is 130 Å². The van der Waals surface area contributed by atoms with Crippen LogP contribution in [0.25, 0.3) is 11.4 Å². The number of nitrogens with zero attached hydrogens (tertiary/aromatic N) is 5. The van der Waals surface area contributed by atoms with E-state index >= 15 is 0 Å². The Morgan fingerprint density at radius 3 is 2.76 bits per heavy atom. The summed E-state index contributed by atoms with van der Waals surface area (Å²) < 4.78 is 2.22. The molecule has 1 aliphatic rings. The second kappa shape index (κ2) is 6.60. The van der Waals surface area contributed by atoms with E-state index in [-0.39, 0.29) is 0 Å². The minimum Gasteiger partial charge on any atom is -0.309 e. The highest BCUT2D eigenvalue weighted by atomic mass is 32.2.